The Hall–Kier alpha value is -2.10. The molecule has 2 aromatic rings. The van der Waals surface area contributed by atoms with Crippen LogP contribution in [-0.4, -0.2) is 35.1 Å². The van der Waals surface area contributed by atoms with Gasteiger partial charge < -0.3 is 14.8 Å². The van der Waals surface area contributed by atoms with Crippen molar-refractivity contribution in [3.05, 3.63) is 40.6 Å². The molecule has 1 aromatic heterocycles. The van der Waals surface area contributed by atoms with Crippen LogP contribution < -0.4 is 19.5 Å². The van der Waals surface area contributed by atoms with E-state index in [1.807, 2.05) is 17.5 Å². The van der Waals surface area contributed by atoms with Crippen LogP contribution in [0.4, 0.5) is 0 Å². The van der Waals surface area contributed by atoms with Gasteiger partial charge in [-0.15, -0.1) is 11.3 Å². The molecular weight excluding hydrogens is 364 g/mol. The quantitative estimate of drug-likeness (QED) is 0.687. The third kappa shape index (κ3) is 5.45. The summed E-state index contributed by atoms with van der Waals surface area (Å²) in [6.45, 7) is 0.450. The largest absolute Gasteiger partial charge is 0.493 e. The lowest BCUT2D eigenvalue weighted by molar-refractivity contribution is -0.121. The number of rotatable bonds is 9. The maximum absolute atomic E-state index is 12.3. The van der Waals surface area contributed by atoms with E-state index in [0.29, 0.717) is 18.0 Å². The molecule has 2 rings (SSSR count). The molecule has 0 spiro atoms. The Morgan fingerprint density at radius 1 is 1.16 bits per heavy atom. The van der Waals surface area contributed by atoms with Gasteiger partial charge in [-0.25, -0.2) is 13.1 Å². The molecule has 0 bridgehead atoms. The number of carbonyl (C=O) groups excluding carboxylic acids is 1. The molecule has 0 fully saturated rings. The number of sulfonamides is 1. The molecule has 0 atom stereocenters. The van der Waals surface area contributed by atoms with Crippen molar-refractivity contribution in [1.29, 1.82) is 0 Å². The zero-order chi connectivity index (χ0) is 18.3. The first-order valence-corrected chi connectivity index (χ1v) is 9.83. The highest BCUT2D eigenvalue weighted by Crippen LogP contribution is 2.29. The molecule has 7 nitrogen and oxygen atoms in total. The smallest absolute Gasteiger partial charge is 0.240 e. The van der Waals surface area contributed by atoms with Crippen LogP contribution in [0.2, 0.25) is 0 Å². The van der Waals surface area contributed by atoms with Gasteiger partial charge in [-0.05, 0) is 23.6 Å². The van der Waals surface area contributed by atoms with E-state index in [1.54, 1.807) is 11.3 Å². The normalized spacial score (nSPS) is 11.1. The van der Waals surface area contributed by atoms with Gasteiger partial charge in [0.05, 0.1) is 25.7 Å². The van der Waals surface area contributed by atoms with E-state index in [1.165, 1.54) is 32.4 Å². The monoisotopic (exact) mass is 384 g/mol. The van der Waals surface area contributed by atoms with E-state index in [-0.39, 0.29) is 23.8 Å². The summed E-state index contributed by atoms with van der Waals surface area (Å²) in [5.74, 6) is 0.539. The SMILES string of the molecule is COc1ccc(S(=O)(=O)NCCC(=O)NCc2cccs2)cc1OC. The van der Waals surface area contributed by atoms with Crippen molar-refractivity contribution in [1.82, 2.24) is 10.0 Å². The topological polar surface area (TPSA) is 93.7 Å². The van der Waals surface area contributed by atoms with Gasteiger partial charge in [-0.3, -0.25) is 4.79 Å². The van der Waals surface area contributed by atoms with Crippen LogP contribution >= 0.6 is 11.3 Å². The molecule has 0 saturated carbocycles. The first-order chi connectivity index (χ1) is 12.0. The fourth-order valence-corrected chi connectivity index (χ4v) is 3.74. The second-order valence-corrected chi connectivity index (χ2v) is 7.82. The first-order valence-electron chi connectivity index (χ1n) is 7.47. The maximum atomic E-state index is 12.3. The van der Waals surface area contributed by atoms with E-state index >= 15 is 0 Å². The van der Waals surface area contributed by atoms with Crippen molar-refractivity contribution >= 4 is 27.3 Å². The first kappa shape index (κ1) is 19.2. The Labute approximate surface area is 151 Å². The summed E-state index contributed by atoms with van der Waals surface area (Å²) in [5, 5.41) is 4.67. The molecule has 1 amide bonds. The van der Waals surface area contributed by atoms with Crippen molar-refractivity contribution in [3.8, 4) is 11.5 Å². The highest BCUT2D eigenvalue weighted by molar-refractivity contribution is 7.89. The van der Waals surface area contributed by atoms with Crippen LogP contribution in [0.15, 0.2) is 40.6 Å². The van der Waals surface area contributed by atoms with Gasteiger partial charge in [-0.1, -0.05) is 6.07 Å². The minimum Gasteiger partial charge on any atom is -0.493 e. The summed E-state index contributed by atoms with van der Waals surface area (Å²) in [7, 11) is -0.834. The number of hydrogen-bond donors (Lipinski definition) is 2. The standard InChI is InChI=1S/C16H20N2O5S2/c1-22-14-6-5-13(10-15(14)23-2)25(20,21)18-8-7-16(19)17-11-12-4-3-9-24-12/h3-6,9-10,18H,7-8,11H2,1-2H3,(H,17,19). The van der Waals surface area contributed by atoms with Crippen LogP contribution in [-0.2, 0) is 21.4 Å². The molecule has 0 unspecified atom stereocenters. The zero-order valence-electron chi connectivity index (χ0n) is 13.9. The molecule has 1 aromatic carbocycles. The minimum atomic E-state index is -3.74. The van der Waals surface area contributed by atoms with Crippen LogP contribution in [0.25, 0.3) is 0 Å². The van der Waals surface area contributed by atoms with Gasteiger partial charge >= 0.3 is 0 Å². The summed E-state index contributed by atoms with van der Waals surface area (Å²) < 4.78 is 37.2. The van der Waals surface area contributed by atoms with Crippen LogP contribution in [0.5, 0.6) is 11.5 Å². The summed E-state index contributed by atoms with van der Waals surface area (Å²) in [6.07, 6.45) is 0.0535. The number of nitrogens with one attached hydrogen (secondary N) is 2. The Bertz CT molecular complexity index is 804. The third-order valence-electron chi connectivity index (χ3n) is 3.35. The van der Waals surface area contributed by atoms with Crippen molar-refractivity contribution in [2.45, 2.75) is 17.9 Å². The predicted octanol–water partition coefficient (Wildman–Crippen LogP) is 1.75. The lowest BCUT2D eigenvalue weighted by atomic mass is 10.3. The summed E-state index contributed by atoms with van der Waals surface area (Å²) >= 11 is 1.55. The number of thiophene rings is 1. The molecule has 0 aliphatic rings. The second-order valence-electron chi connectivity index (χ2n) is 5.02. The maximum Gasteiger partial charge on any atom is 0.240 e. The fourth-order valence-electron chi connectivity index (χ4n) is 2.05. The molecule has 1 heterocycles. The Kier molecular flexibility index (Phi) is 6.80. The van der Waals surface area contributed by atoms with Crippen molar-refractivity contribution in [2.75, 3.05) is 20.8 Å². The Balaban J connectivity index is 1.87. The summed E-state index contributed by atoms with van der Waals surface area (Å²) in [5.41, 5.74) is 0. The molecule has 25 heavy (non-hydrogen) atoms. The molecule has 0 aliphatic carbocycles. The lowest BCUT2D eigenvalue weighted by Crippen LogP contribution is -2.30. The summed E-state index contributed by atoms with van der Waals surface area (Å²) in [6, 6.07) is 8.13. The number of carbonyl (C=O) groups is 1. The molecule has 9 heteroatoms. The van der Waals surface area contributed by atoms with Crippen molar-refractivity contribution in [3.63, 3.8) is 0 Å². The molecule has 0 radical (unpaired) electrons. The van der Waals surface area contributed by atoms with E-state index in [4.69, 9.17) is 9.47 Å². The average molecular weight is 384 g/mol. The number of ether oxygens (including phenoxy) is 2. The van der Waals surface area contributed by atoms with Crippen molar-refractivity contribution in [2.24, 2.45) is 0 Å². The zero-order valence-corrected chi connectivity index (χ0v) is 15.6. The Morgan fingerprint density at radius 3 is 2.56 bits per heavy atom. The van der Waals surface area contributed by atoms with Crippen molar-refractivity contribution < 1.29 is 22.7 Å². The third-order valence-corrected chi connectivity index (χ3v) is 5.68. The van der Waals surface area contributed by atoms with E-state index in [9.17, 15) is 13.2 Å². The van der Waals surface area contributed by atoms with Gasteiger partial charge in [0, 0.05) is 23.9 Å². The van der Waals surface area contributed by atoms with Crippen LogP contribution in [0.3, 0.4) is 0 Å². The van der Waals surface area contributed by atoms with Gasteiger partial charge in [0.25, 0.3) is 0 Å². The lowest BCUT2D eigenvalue weighted by Gasteiger charge is -2.11. The molecule has 2 N–H and O–H groups in total. The number of amides is 1. The molecule has 136 valence electrons. The second kappa shape index (κ2) is 8.84. The summed E-state index contributed by atoms with van der Waals surface area (Å²) in [4.78, 5) is 12.9. The average Bonchev–Trinajstić information content (AvgIpc) is 3.12. The molecule has 0 aliphatic heterocycles. The van der Waals surface area contributed by atoms with E-state index < -0.39 is 10.0 Å². The molecular formula is C16H20N2O5S2. The van der Waals surface area contributed by atoms with Crippen LogP contribution in [0, 0.1) is 0 Å². The minimum absolute atomic E-state index is 0.00690. The number of hydrogen-bond acceptors (Lipinski definition) is 6. The van der Waals surface area contributed by atoms with Gasteiger partial charge in [0.2, 0.25) is 15.9 Å². The number of methoxy groups -OCH3 is 2. The van der Waals surface area contributed by atoms with Crippen LogP contribution in [0.1, 0.15) is 11.3 Å². The fraction of sp³-hybridized carbons (Fsp3) is 0.312. The Morgan fingerprint density at radius 2 is 1.92 bits per heavy atom. The molecule has 0 saturated heterocycles. The van der Waals surface area contributed by atoms with Gasteiger partial charge in [-0.2, -0.15) is 0 Å². The highest BCUT2D eigenvalue weighted by atomic mass is 32.2. The van der Waals surface area contributed by atoms with E-state index in [0.717, 1.165) is 4.88 Å². The van der Waals surface area contributed by atoms with Gasteiger partial charge in [0.15, 0.2) is 11.5 Å². The highest BCUT2D eigenvalue weighted by Gasteiger charge is 2.17. The number of benzene rings is 1. The van der Waals surface area contributed by atoms with E-state index in [2.05, 4.69) is 10.0 Å². The van der Waals surface area contributed by atoms with Gasteiger partial charge in [0.1, 0.15) is 0 Å². The predicted molar refractivity (Wildman–Crippen MR) is 95.5 cm³/mol.